The summed E-state index contributed by atoms with van der Waals surface area (Å²) in [7, 11) is -1.52. The van der Waals surface area contributed by atoms with Crippen LogP contribution in [0.4, 0.5) is 4.39 Å². The molecule has 0 radical (unpaired) electrons. The first-order chi connectivity index (χ1) is 11.2. The molecule has 1 aromatic rings. The molecule has 1 amide bonds. The number of benzene rings is 1. The molecule has 0 bridgehead atoms. The molecule has 0 aliphatic heterocycles. The predicted octanol–water partition coefficient (Wildman–Crippen LogP) is 2.58. The standard InChI is InChI=1S/C15H20ClFN2O4S/c1-19(2)24(21,22)18-15(20)11-8-12(16)14(9-13(11)17)23-7-6-10-4-3-5-10/h8-10H,3-7H2,1-2H3,(H,18,20). The summed E-state index contributed by atoms with van der Waals surface area (Å²) < 4.78 is 45.4. The SMILES string of the molecule is CN(C)S(=O)(=O)NC(=O)c1cc(Cl)c(OCCC2CCC2)cc1F. The van der Waals surface area contributed by atoms with E-state index < -0.39 is 27.5 Å². The molecule has 24 heavy (non-hydrogen) atoms. The minimum absolute atomic E-state index is 0.0532. The van der Waals surface area contributed by atoms with Gasteiger partial charge in [0.25, 0.3) is 5.91 Å². The summed E-state index contributed by atoms with van der Waals surface area (Å²) >= 11 is 6.01. The van der Waals surface area contributed by atoms with Gasteiger partial charge in [0, 0.05) is 20.2 Å². The van der Waals surface area contributed by atoms with Crippen LogP contribution in [-0.4, -0.2) is 39.3 Å². The molecule has 0 unspecified atom stereocenters. The van der Waals surface area contributed by atoms with E-state index in [2.05, 4.69) is 0 Å². The van der Waals surface area contributed by atoms with Gasteiger partial charge < -0.3 is 4.74 Å². The summed E-state index contributed by atoms with van der Waals surface area (Å²) in [4.78, 5) is 11.9. The fraction of sp³-hybridized carbons (Fsp3) is 0.533. The minimum atomic E-state index is -4.01. The maximum Gasteiger partial charge on any atom is 0.303 e. The van der Waals surface area contributed by atoms with Crippen LogP contribution in [0.2, 0.25) is 5.02 Å². The van der Waals surface area contributed by atoms with Crippen LogP contribution in [0.3, 0.4) is 0 Å². The lowest BCUT2D eigenvalue weighted by molar-refractivity contribution is 0.0975. The lowest BCUT2D eigenvalue weighted by Gasteiger charge is -2.25. The number of rotatable bonds is 7. The van der Waals surface area contributed by atoms with Crippen molar-refractivity contribution in [3.05, 3.63) is 28.5 Å². The van der Waals surface area contributed by atoms with Crippen LogP contribution in [0.1, 0.15) is 36.0 Å². The molecule has 9 heteroatoms. The molecule has 0 heterocycles. The largest absolute Gasteiger partial charge is 0.492 e. The molecule has 0 spiro atoms. The Balaban J connectivity index is 2.06. The van der Waals surface area contributed by atoms with E-state index >= 15 is 0 Å². The number of carbonyl (C=O) groups excluding carboxylic acids is 1. The predicted molar refractivity (Wildman–Crippen MR) is 88.9 cm³/mol. The van der Waals surface area contributed by atoms with Crippen molar-refractivity contribution in [3.63, 3.8) is 0 Å². The fourth-order valence-corrected chi connectivity index (χ4v) is 2.94. The highest BCUT2D eigenvalue weighted by Gasteiger charge is 2.23. The van der Waals surface area contributed by atoms with Gasteiger partial charge >= 0.3 is 10.2 Å². The van der Waals surface area contributed by atoms with Crippen molar-refractivity contribution in [2.24, 2.45) is 5.92 Å². The van der Waals surface area contributed by atoms with Crippen LogP contribution in [0, 0.1) is 11.7 Å². The van der Waals surface area contributed by atoms with E-state index in [1.165, 1.54) is 33.4 Å². The highest BCUT2D eigenvalue weighted by Crippen LogP contribution is 2.31. The molecule has 1 aliphatic carbocycles. The first-order valence-corrected chi connectivity index (χ1v) is 9.39. The second kappa shape index (κ2) is 7.67. The average Bonchev–Trinajstić information content (AvgIpc) is 2.43. The average molecular weight is 379 g/mol. The van der Waals surface area contributed by atoms with Gasteiger partial charge in [0.1, 0.15) is 11.6 Å². The van der Waals surface area contributed by atoms with E-state index in [1.807, 2.05) is 0 Å². The van der Waals surface area contributed by atoms with Crippen LogP contribution in [0.15, 0.2) is 12.1 Å². The van der Waals surface area contributed by atoms with Gasteiger partial charge in [-0.1, -0.05) is 30.9 Å². The number of hydrogen-bond donors (Lipinski definition) is 1. The van der Waals surface area contributed by atoms with Crippen LogP contribution in [-0.2, 0) is 10.2 Å². The van der Waals surface area contributed by atoms with Gasteiger partial charge in [-0.05, 0) is 18.4 Å². The Bertz CT molecular complexity index is 720. The molecule has 1 aliphatic rings. The van der Waals surface area contributed by atoms with E-state index in [0.29, 0.717) is 12.5 Å². The lowest BCUT2D eigenvalue weighted by Crippen LogP contribution is -2.39. The van der Waals surface area contributed by atoms with Crippen molar-refractivity contribution in [1.29, 1.82) is 0 Å². The molecule has 0 saturated heterocycles. The summed E-state index contributed by atoms with van der Waals surface area (Å²) in [6, 6.07) is 2.07. The third-order valence-electron chi connectivity index (χ3n) is 3.98. The summed E-state index contributed by atoms with van der Waals surface area (Å²) in [5.74, 6) is -1.20. The quantitative estimate of drug-likeness (QED) is 0.791. The molecule has 6 nitrogen and oxygen atoms in total. The van der Waals surface area contributed by atoms with Crippen LogP contribution in [0.25, 0.3) is 0 Å². The van der Waals surface area contributed by atoms with Crippen LogP contribution >= 0.6 is 11.6 Å². The van der Waals surface area contributed by atoms with Crippen LogP contribution < -0.4 is 9.46 Å². The van der Waals surface area contributed by atoms with Crippen molar-refractivity contribution in [2.45, 2.75) is 25.7 Å². The van der Waals surface area contributed by atoms with Gasteiger partial charge in [0.2, 0.25) is 0 Å². The van der Waals surface area contributed by atoms with Crippen molar-refractivity contribution in [3.8, 4) is 5.75 Å². The molecule has 2 rings (SSSR count). The monoisotopic (exact) mass is 378 g/mol. The van der Waals surface area contributed by atoms with Crippen molar-refractivity contribution in [1.82, 2.24) is 9.03 Å². The molecule has 1 fully saturated rings. The van der Waals surface area contributed by atoms with E-state index in [-0.39, 0.29) is 10.8 Å². The Labute approximate surface area is 146 Å². The van der Waals surface area contributed by atoms with Gasteiger partial charge in [-0.3, -0.25) is 4.79 Å². The third-order valence-corrected chi connectivity index (χ3v) is 5.68. The third kappa shape index (κ3) is 4.58. The summed E-state index contributed by atoms with van der Waals surface area (Å²) in [6.07, 6.45) is 4.48. The number of nitrogens with one attached hydrogen (secondary N) is 1. The Morgan fingerprint density at radius 3 is 2.62 bits per heavy atom. The van der Waals surface area contributed by atoms with Gasteiger partial charge in [-0.25, -0.2) is 9.11 Å². The highest BCUT2D eigenvalue weighted by atomic mass is 35.5. The molecular weight excluding hydrogens is 359 g/mol. The first-order valence-electron chi connectivity index (χ1n) is 7.57. The molecule has 1 saturated carbocycles. The van der Waals surface area contributed by atoms with Gasteiger partial charge in [0.15, 0.2) is 0 Å². The van der Waals surface area contributed by atoms with E-state index in [0.717, 1.165) is 22.9 Å². The molecule has 0 atom stereocenters. The highest BCUT2D eigenvalue weighted by molar-refractivity contribution is 7.87. The van der Waals surface area contributed by atoms with Crippen molar-refractivity contribution < 1.29 is 22.3 Å². The number of halogens is 2. The summed E-state index contributed by atoms with van der Waals surface area (Å²) in [5.41, 5.74) is -0.461. The normalized spacial score (nSPS) is 15.2. The van der Waals surface area contributed by atoms with E-state index in [1.54, 1.807) is 4.72 Å². The summed E-state index contributed by atoms with van der Waals surface area (Å²) in [5, 5.41) is 0.0532. The Hall–Kier alpha value is -1.38. The van der Waals surface area contributed by atoms with Crippen molar-refractivity contribution in [2.75, 3.05) is 20.7 Å². The number of ether oxygens (including phenoxy) is 1. The Morgan fingerprint density at radius 2 is 2.08 bits per heavy atom. The van der Waals surface area contributed by atoms with Gasteiger partial charge in [-0.15, -0.1) is 0 Å². The number of carbonyl (C=O) groups is 1. The maximum atomic E-state index is 14.1. The first kappa shape index (κ1) is 19.0. The smallest absolute Gasteiger partial charge is 0.303 e. The number of hydrogen-bond acceptors (Lipinski definition) is 4. The summed E-state index contributed by atoms with van der Waals surface area (Å²) in [6.45, 7) is 0.421. The zero-order valence-corrected chi connectivity index (χ0v) is 15.1. The molecule has 0 aromatic heterocycles. The second-order valence-corrected chi connectivity index (χ2v) is 8.21. The van der Waals surface area contributed by atoms with Gasteiger partial charge in [0.05, 0.1) is 17.2 Å². The van der Waals surface area contributed by atoms with E-state index in [9.17, 15) is 17.6 Å². The topological polar surface area (TPSA) is 75.7 Å². The number of amides is 1. The Kier molecular flexibility index (Phi) is 6.06. The Morgan fingerprint density at radius 1 is 1.42 bits per heavy atom. The molecule has 1 N–H and O–H groups in total. The molecule has 134 valence electrons. The minimum Gasteiger partial charge on any atom is -0.492 e. The maximum absolute atomic E-state index is 14.1. The van der Waals surface area contributed by atoms with Gasteiger partial charge in [-0.2, -0.15) is 12.7 Å². The molecular formula is C15H20ClFN2O4S. The number of nitrogens with zero attached hydrogens (tertiary/aromatic N) is 1. The second-order valence-electron chi connectivity index (χ2n) is 5.92. The zero-order chi connectivity index (χ0) is 17.9. The van der Waals surface area contributed by atoms with E-state index in [4.69, 9.17) is 16.3 Å². The van der Waals surface area contributed by atoms with Crippen molar-refractivity contribution >= 4 is 27.7 Å². The lowest BCUT2D eigenvalue weighted by atomic mass is 9.83. The fourth-order valence-electron chi connectivity index (χ4n) is 2.19. The molecule has 1 aromatic carbocycles. The van der Waals surface area contributed by atoms with Crippen LogP contribution in [0.5, 0.6) is 5.75 Å². The zero-order valence-electron chi connectivity index (χ0n) is 13.5.